The summed E-state index contributed by atoms with van der Waals surface area (Å²) in [6.45, 7) is 1.17. The third kappa shape index (κ3) is 3.46. The summed E-state index contributed by atoms with van der Waals surface area (Å²) < 4.78 is 7.13. The minimum absolute atomic E-state index is 0.0103. The van der Waals surface area contributed by atoms with Crippen LogP contribution in [0.4, 0.5) is 10.6 Å². The lowest BCUT2D eigenvalue weighted by Gasteiger charge is -2.23. The average Bonchev–Trinajstić information content (AvgIpc) is 3.21. The predicted octanol–water partition coefficient (Wildman–Crippen LogP) is 3.25. The Kier molecular flexibility index (Phi) is 4.87. The Labute approximate surface area is 201 Å². The number of carboxylic acid groups (broad SMARTS) is 1. The van der Waals surface area contributed by atoms with Crippen molar-refractivity contribution in [2.75, 3.05) is 24.6 Å². The van der Waals surface area contributed by atoms with Crippen molar-refractivity contribution in [3.05, 3.63) is 71.4 Å². The third-order valence-corrected chi connectivity index (χ3v) is 7.30. The number of ether oxygens (including phenoxy) is 1. The van der Waals surface area contributed by atoms with E-state index < -0.39 is 17.5 Å². The standard InChI is InChI=1S/C26H24N4O5/c31-23(32)20-13-28-30-12-11-29(22(20)30)24(33)26(9-10-26)15-27-25(34)35-14-21-18-7-3-1-5-16(18)17-6-2-4-8-19(17)21/h1-8,13,21H,9-12,14-15H2,(H,27,34)(H,31,32). The van der Waals surface area contributed by atoms with Gasteiger partial charge >= 0.3 is 12.1 Å². The fourth-order valence-corrected chi connectivity index (χ4v) is 5.27. The highest BCUT2D eigenvalue weighted by Crippen LogP contribution is 2.48. The van der Waals surface area contributed by atoms with Gasteiger partial charge in [-0.15, -0.1) is 0 Å². The summed E-state index contributed by atoms with van der Waals surface area (Å²) in [7, 11) is 0. The molecule has 0 bridgehead atoms. The summed E-state index contributed by atoms with van der Waals surface area (Å²) in [5.74, 6) is -1.02. The molecule has 2 aliphatic carbocycles. The number of alkyl carbamates (subject to hydrolysis) is 1. The molecule has 2 amide bonds. The van der Waals surface area contributed by atoms with Crippen molar-refractivity contribution in [1.82, 2.24) is 15.1 Å². The zero-order valence-corrected chi connectivity index (χ0v) is 18.9. The van der Waals surface area contributed by atoms with Gasteiger partial charge in [0.05, 0.1) is 18.2 Å². The van der Waals surface area contributed by atoms with Crippen molar-refractivity contribution in [3.8, 4) is 11.1 Å². The lowest BCUT2D eigenvalue weighted by molar-refractivity contribution is -0.123. The first-order valence-electron chi connectivity index (χ1n) is 11.7. The van der Waals surface area contributed by atoms with Gasteiger partial charge in [0, 0.05) is 19.0 Å². The number of amides is 2. The second-order valence-electron chi connectivity index (χ2n) is 9.33. The molecule has 178 valence electrons. The Morgan fingerprint density at radius 3 is 2.31 bits per heavy atom. The number of fused-ring (bicyclic) bond motifs is 4. The molecule has 1 fully saturated rings. The van der Waals surface area contributed by atoms with E-state index in [-0.39, 0.29) is 30.5 Å². The molecule has 6 rings (SSSR count). The monoisotopic (exact) mass is 472 g/mol. The number of hydrogen-bond acceptors (Lipinski definition) is 5. The first-order valence-corrected chi connectivity index (χ1v) is 11.7. The van der Waals surface area contributed by atoms with Crippen LogP contribution < -0.4 is 10.2 Å². The van der Waals surface area contributed by atoms with E-state index >= 15 is 0 Å². The maximum atomic E-state index is 13.3. The maximum absolute atomic E-state index is 13.3. The molecule has 2 heterocycles. The average molecular weight is 473 g/mol. The summed E-state index contributed by atoms with van der Waals surface area (Å²) in [5, 5.41) is 16.3. The number of aromatic nitrogens is 2. The maximum Gasteiger partial charge on any atom is 0.407 e. The van der Waals surface area contributed by atoms with Crippen LogP contribution in [0.1, 0.15) is 40.2 Å². The molecule has 0 radical (unpaired) electrons. The Morgan fingerprint density at radius 1 is 1.03 bits per heavy atom. The highest BCUT2D eigenvalue weighted by atomic mass is 16.5. The van der Waals surface area contributed by atoms with Crippen LogP contribution in [0.25, 0.3) is 11.1 Å². The molecule has 1 aromatic heterocycles. The van der Waals surface area contributed by atoms with Gasteiger partial charge in [-0.1, -0.05) is 48.5 Å². The SMILES string of the molecule is O=C(NCC1(C(=O)N2CCn3ncc(C(=O)O)c32)CC1)OCC1c2ccccc2-c2ccccc21. The van der Waals surface area contributed by atoms with Gasteiger partial charge < -0.3 is 15.2 Å². The molecule has 0 unspecified atom stereocenters. The second kappa shape index (κ2) is 7.97. The van der Waals surface area contributed by atoms with Crippen molar-refractivity contribution in [2.45, 2.75) is 25.3 Å². The van der Waals surface area contributed by atoms with Gasteiger partial charge in [0.25, 0.3) is 0 Å². The number of nitrogens with one attached hydrogen (secondary N) is 1. The largest absolute Gasteiger partial charge is 0.477 e. The van der Waals surface area contributed by atoms with E-state index in [4.69, 9.17) is 4.74 Å². The van der Waals surface area contributed by atoms with Crippen LogP contribution >= 0.6 is 0 Å². The van der Waals surface area contributed by atoms with Crippen LogP contribution in [0, 0.1) is 5.41 Å². The lowest BCUT2D eigenvalue weighted by Crippen LogP contribution is -2.43. The van der Waals surface area contributed by atoms with Crippen molar-refractivity contribution in [2.24, 2.45) is 5.41 Å². The molecule has 0 atom stereocenters. The van der Waals surface area contributed by atoms with E-state index in [2.05, 4.69) is 34.7 Å². The number of anilines is 1. The van der Waals surface area contributed by atoms with E-state index in [1.807, 2.05) is 24.3 Å². The Balaban J connectivity index is 1.10. The number of nitrogens with zero attached hydrogens (tertiary/aromatic N) is 3. The zero-order chi connectivity index (χ0) is 24.2. The molecule has 9 nitrogen and oxygen atoms in total. The highest BCUT2D eigenvalue weighted by Gasteiger charge is 2.53. The van der Waals surface area contributed by atoms with Gasteiger partial charge in [0.15, 0.2) is 0 Å². The van der Waals surface area contributed by atoms with E-state index in [1.165, 1.54) is 15.8 Å². The molecule has 2 N–H and O–H groups in total. The fraction of sp³-hybridized carbons (Fsp3) is 0.308. The highest BCUT2D eigenvalue weighted by molar-refractivity contribution is 6.04. The van der Waals surface area contributed by atoms with Crippen LogP contribution in [0.2, 0.25) is 0 Å². The normalized spacial score (nSPS) is 16.9. The molecule has 3 aromatic rings. The van der Waals surface area contributed by atoms with Gasteiger partial charge in [-0.05, 0) is 35.1 Å². The van der Waals surface area contributed by atoms with Crippen LogP contribution in [0.15, 0.2) is 54.7 Å². The number of benzene rings is 2. The first kappa shape index (κ1) is 21.4. The molecule has 9 heteroatoms. The molecule has 1 saturated carbocycles. The Bertz CT molecular complexity index is 1310. The smallest absolute Gasteiger partial charge is 0.407 e. The third-order valence-electron chi connectivity index (χ3n) is 7.30. The summed E-state index contributed by atoms with van der Waals surface area (Å²) in [4.78, 5) is 38.9. The zero-order valence-electron chi connectivity index (χ0n) is 18.9. The molecular formula is C26H24N4O5. The Morgan fingerprint density at radius 2 is 1.69 bits per heavy atom. The summed E-state index contributed by atoms with van der Waals surface area (Å²) in [5.41, 5.74) is 3.86. The van der Waals surface area contributed by atoms with Crippen molar-refractivity contribution in [3.63, 3.8) is 0 Å². The summed E-state index contributed by atoms with van der Waals surface area (Å²) >= 11 is 0. The van der Waals surface area contributed by atoms with E-state index in [0.29, 0.717) is 31.7 Å². The van der Waals surface area contributed by atoms with Crippen LogP contribution in [0.3, 0.4) is 0 Å². The minimum atomic E-state index is -1.12. The molecule has 1 aliphatic heterocycles. The minimum Gasteiger partial charge on any atom is -0.477 e. The topological polar surface area (TPSA) is 114 Å². The van der Waals surface area contributed by atoms with Gasteiger partial charge in [0.1, 0.15) is 18.0 Å². The Hall–Kier alpha value is -4.14. The van der Waals surface area contributed by atoms with Crippen LogP contribution in [-0.4, -0.2) is 52.6 Å². The number of rotatable bonds is 6. The molecule has 0 saturated heterocycles. The van der Waals surface area contributed by atoms with E-state index in [1.54, 1.807) is 0 Å². The predicted molar refractivity (Wildman–Crippen MR) is 126 cm³/mol. The molecule has 2 aromatic carbocycles. The summed E-state index contributed by atoms with van der Waals surface area (Å²) in [6.07, 6.45) is 1.96. The molecule has 35 heavy (non-hydrogen) atoms. The van der Waals surface area contributed by atoms with Gasteiger partial charge in [-0.25, -0.2) is 14.3 Å². The lowest BCUT2D eigenvalue weighted by atomic mass is 9.98. The van der Waals surface area contributed by atoms with Gasteiger partial charge in [-0.3, -0.25) is 9.69 Å². The first-order chi connectivity index (χ1) is 17.0. The van der Waals surface area contributed by atoms with Crippen molar-refractivity contribution < 1.29 is 24.2 Å². The number of carboxylic acids is 1. The number of carbonyl (C=O) groups is 3. The molecule has 3 aliphatic rings. The fourth-order valence-electron chi connectivity index (χ4n) is 5.27. The van der Waals surface area contributed by atoms with E-state index in [9.17, 15) is 19.5 Å². The molecule has 0 spiro atoms. The van der Waals surface area contributed by atoms with Crippen LogP contribution in [0.5, 0.6) is 0 Å². The van der Waals surface area contributed by atoms with Crippen molar-refractivity contribution >= 4 is 23.8 Å². The quantitative estimate of drug-likeness (QED) is 0.569. The number of hydrogen-bond donors (Lipinski definition) is 2. The van der Waals surface area contributed by atoms with E-state index in [0.717, 1.165) is 22.3 Å². The summed E-state index contributed by atoms with van der Waals surface area (Å²) in [6, 6.07) is 16.3. The molecular weight excluding hydrogens is 448 g/mol. The van der Waals surface area contributed by atoms with Gasteiger partial charge in [0.2, 0.25) is 5.91 Å². The number of aromatic carboxylic acids is 1. The second-order valence-corrected chi connectivity index (χ2v) is 9.33. The van der Waals surface area contributed by atoms with Crippen LogP contribution in [-0.2, 0) is 16.1 Å². The number of carbonyl (C=O) groups excluding carboxylic acids is 2. The van der Waals surface area contributed by atoms with Gasteiger partial charge in [-0.2, -0.15) is 5.10 Å². The van der Waals surface area contributed by atoms with Crippen molar-refractivity contribution in [1.29, 1.82) is 0 Å².